The van der Waals surface area contributed by atoms with E-state index in [1.807, 2.05) is 6.92 Å². The average Bonchev–Trinajstić information content (AvgIpc) is 3.47. The molecule has 3 aliphatic rings. The maximum Gasteiger partial charge on any atom is 0.309 e. The van der Waals surface area contributed by atoms with Gasteiger partial charge in [0, 0.05) is 10.4 Å². The summed E-state index contributed by atoms with van der Waals surface area (Å²) in [7, 11) is 0. The van der Waals surface area contributed by atoms with Crippen LogP contribution in [0.3, 0.4) is 0 Å². The number of hydrogen-bond donors (Lipinski definition) is 2. The fourth-order valence-electron chi connectivity index (χ4n) is 5.65. The summed E-state index contributed by atoms with van der Waals surface area (Å²) in [4.78, 5) is 37.0. The highest BCUT2D eigenvalue weighted by Crippen LogP contribution is 2.48. The largest absolute Gasteiger partial charge is 0.466 e. The fraction of sp³-hybridized carbons (Fsp3) is 0.500. The number of aryl methyl sites for hydroxylation is 1. The van der Waals surface area contributed by atoms with Crippen molar-refractivity contribution in [2.45, 2.75) is 63.8 Å². The molecule has 2 N–H and O–H groups in total. The molecule has 1 saturated carbocycles. The quantitative estimate of drug-likeness (QED) is 0.505. The molecule has 3 aromatic rings. The minimum atomic E-state index is -0.189. The summed E-state index contributed by atoms with van der Waals surface area (Å²) in [5.41, 5.74) is 2.20. The number of nitrogens with one attached hydrogen (secondary N) is 2. The Morgan fingerprint density at radius 3 is 2.94 bits per heavy atom. The van der Waals surface area contributed by atoms with E-state index in [2.05, 4.69) is 26.7 Å². The number of carbonyl (C=O) groups is 2. The van der Waals surface area contributed by atoms with Crippen molar-refractivity contribution in [3.63, 3.8) is 0 Å². The van der Waals surface area contributed by atoms with Crippen molar-refractivity contribution >= 4 is 55.6 Å². The Morgan fingerprint density at radius 2 is 2.12 bits per heavy atom. The molecule has 6 rings (SSSR count). The van der Waals surface area contributed by atoms with Crippen molar-refractivity contribution in [1.29, 1.82) is 0 Å². The van der Waals surface area contributed by atoms with Gasteiger partial charge in [0.25, 0.3) is 5.91 Å². The van der Waals surface area contributed by atoms with Crippen molar-refractivity contribution < 1.29 is 14.3 Å². The van der Waals surface area contributed by atoms with Crippen LogP contribution < -0.4 is 10.6 Å². The zero-order valence-corrected chi connectivity index (χ0v) is 20.2. The first-order valence-corrected chi connectivity index (χ1v) is 13.4. The smallest absolute Gasteiger partial charge is 0.309 e. The first-order chi connectivity index (χ1) is 16.1. The number of hydrogen-bond acceptors (Lipinski definition) is 8. The van der Waals surface area contributed by atoms with Crippen LogP contribution in [0.15, 0.2) is 12.4 Å². The Hall–Kier alpha value is -2.52. The number of thiophene rings is 2. The normalized spacial score (nSPS) is 21.0. The predicted octanol–water partition coefficient (Wildman–Crippen LogP) is 5.07. The van der Waals surface area contributed by atoms with Crippen LogP contribution in [0.4, 0.5) is 10.8 Å². The number of esters is 1. The van der Waals surface area contributed by atoms with Gasteiger partial charge in [-0.1, -0.05) is 19.3 Å². The molecular weight excluding hydrogens is 456 g/mol. The van der Waals surface area contributed by atoms with Gasteiger partial charge in [-0.25, -0.2) is 9.97 Å². The molecule has 33 heavy (non-hydrogen) atoms. The molecule has 4 heterocycles. The number of anilines is 2. The summed E-state index contributed by atoms with van der Waals surface area (Å²) in [6, 6.07) is 2.15. The number of ether oxygens (including phenoxy) is 1. The summed E-state index contributed by atoms with van der Waals surface area (Å²) in [6.45, 7) is 2.26. The van der Waals surface area contributed by atoms with Gasteiger partial charge in [0.1, 0.15) is 17.0 Å². The first kappa shape index (κ1) is 21.0. The summed E-state index contributed by atoms with van der Waals surface area (Å²) in [5, 5.41) is 8.78. The first-order valence-electron chi connectivity index (χ1n) is 11.7. The van der Waals surface area contributed by atoms with Gasteiger partial charge in [-0.2, -0.15) is 0 Å². The molecule has 172 valence electrons. The van der Waals surface area contributed by atoms with Gasteiger partial charge in [0.2, 0.25) is 0 Å². The van der Waals surface area contributed by atoms with E-state index in [0.29, 0.717) is 13.0 Å². The Bertz CT molecular complexity index is 1260. The fourth-order valence-corrected chi connectivity index (χ4v) is 7.97. The Kier molecular flexibility index (Phi) is 5.14. The summed E-state index contributed by atoms with van der Waals surface area (Å²) >= 11 is 3.16. The topological polar surface area (TPSA) is 93.2 Å². The monoisotopic (exact) mass is 482 g/mol. The van der Waals surface area contributed by atoms with Crippen molar-refractivity contribution in [2.24, 2.45) is 5.92 Å². The molecule has 1 aliphatic heterocycles. The van der Waals surface area contributed by atoms with Crippen LogP contribution in [-0.2, 0) is 27.9 Å². The van der Waals surface area contributed by atoms with Crippen molar-refractivity contribution in [3.05, 3.63) is 33.3 Å². The second kappa shape index (κ2) is 8.06. The van der Waals surface area contributed by atoms with E-state index in [0.717, 1.165) is 70.0 Å². The van der Waals surface area contributed by atoms with Gasteiger partial charge in [0.15, 0.2) is 0 Å². The maximum absolute atomic E-state index is 12.7. The molecule has 1 spiro atoms. The van der Waals surface area contributed by atoms with E-state index in [-0.39, 0.29) is 23.3 Å². The lowest BCUT2D eigenvalue weighted by atomic mass is 9.78. The van der Waals surface area contributed by atoms with Crippen LogP contribution >= 0.6 is 22.7 Å². The number of fused-ring (bicyclic) bond motifs is 5. The van der Waals surface area contributed by atoms with Crippen LogP contribution in [0.5, 0.6) is 0 Å². The molecule has 2 aliphatic carbocycles. The molecule has 1 amide bonds. The highest BCUT2D eigenvalue weighted by atomic mass is 32.1. The Morgan fingerprint density at radius 1 is 1.27 bits per heavy atom. The number of nitrogens with zero attached hydrogens (tertiary/aromatic N) is 2. The molecule has 1 unspecified atom stereocenters. The van der Waals surface area contributed by atoms with E-state index < -0.39 is 0 Å². The maximum atomic E-state index is 12.7. The van der Waals surface area contributed by atoms with Gasteiger partial charge in [-0.05, 0) is 50.7 Å². The minimum absolute atomic E-state index is 0.0516. The molecule has 0 radical (unpaired) electrons. The molecule has 3 aromatic heterocycles. The van der Waals surface area contributed by atoms with Crippen LogP contribution in [0.1, 0.15) is 71.1 Å². The van der Waals surface area contributed by atoms with Crippen molar-refractivity contribution in [1.82, 2.24) is 15.3 Å². The van der Waals surface area contributed by atoms with Crippen LogP contribution in [0.2, 0.25) is 0 Å². The number of amides is 1. The molecule has 7 nitrogen and oxygen atoms in total. The zero-order chi connectivity index (χ0) is 22.6. The average molecular weight is 483 g/mol. The lowest BCUT2D eigenvalue weighted by molar-refractivity contribution is -0.148. The number of aromatic nitrogens is 2. The molecule has 9 heteroatoms. The van der Waals surface area contributed by atoms with Gasteiger partial charge >= 0.3 is 5.97 Å². The summed E-state index contributed by atoms with van der Waals surface area (Å²) in [5.74, 6) is 0.647. The second-order valence-corrected chi connectivity index (χ2v) is 11.3. The third-order valence-corrected chi connectivity index (χ3v) is 9.43. The molecule has 1 fully saturated rings. The molecule has 1 atom stereocenters. The van der Waals surface area contributed by atoms with Gasteiger partial charge < -0.3 is 15.4 Å². The van der Waals surface area contributed by atoms with Crippen molar-refractivity contribution in [2.75, 3.05) is 11.9 Å². The van der Waals surface area contributed by atoms with E-state index >= 15 is 0 Å². The standard InChI is InChI=1S/C24H26N4O3S2/c1-2-31-23(30)13-6-7-14-16(10-13)32-22-18(14)20(25-12-26-22)27-17-11-15-19(33-17)21(29)28-24(15)8-4-3-5-9-24/h11-13H,2-10H2,1H3,(H,28,29)(H,25,26,27). The number of carbonyl (C=O) groups excluding carboxylic acids is 2. The van der Waals surface area contributed by atoms with Crippen LogP contribution in [0, 0.1) is 5.92 Å². The lowest BCUT2D eigenvalue weighted by Gasteiger charge is -2.33. The number of rotatable bonds is 4. The predicted molar refractivity (Wildman–Crippen MR) is 129 cm³/mol. The molecular formula is C24H26N4O3S2. The lowest BCUT2D eigenvalue weighted by Crippen LogP contribution is -2.40. The zero-order valence-electron chi connectivity index (χ0n) is 18.5. The van der Waals surface area contributed by atoms with E-state index in [4.69, 9.17) is 4.74 Å². The van der Waals surface area contributed by atoms with Crippen molar-refractivity contribution in [3.8, 4) is 0 Å². The van der Waals surface area contributed by atoms with E-state index in [1.165, 1.54) is 28.2 Å². The Balaban J connectivity index is 1.32. The Labute approximate surface area is 200 Å². The minimum Gasteiger partial charge on any atom is -0.466 e. The SMILES string of the molecule is CCOC(=O)C1CCc2c(sc3ncnc(Nc4cc5c(s4)C(=O)NC54CCCCC4)c23)C1. The van der Waals surface area contributed by atoms with Gasteiger partial charge in [-0.15, -0.1) is 22.7 Å². The third kappa shape index (κ3) is 3.44. The summed E-state index contributed by atoms with van der Waals surface area (Å²) < 4.78 is 5.25. The highest BCUT2D eigenvalue weighted by Gasteiger charge is 2.45. The summed E-state index contributed by atoms with van der Waals surface area (Å²) in [6.07, 6.45) is 9.45. The molecule has 0 aromatic carbocycles. The van der Waals surface area contributed by atoms with Gasteiger partial charge in [0.05, 0.1) is 33.3 Å². The van der Waals surface area contributed by atoms with Gasteiger partial charge in [-0.3, -0.25) is 9.59 Å². The van der Waals surface area contributed by atoms with E-state index in [1.54, 1.807) is 17.7 Å². The molecule has 0 saturated heterocycles. The second-order valence-electron chi connectivity index (χ2n) is 9.17. The third-order valence-electron chi connectivity index (χ3n) is 7.22. The van der Waals surface area contributed by atoms with E-state index in [9.17, 15) is 9.59 Å². The van der Waals surface area contributed by atoms with Crippen LogP contribution in [0.25, 0.3) is 10.2 Å². The molecule has 0 bridgehead atoms. The highest BCUT2D eigenvalue weighted by molar-refractivity contribution is 7.19. The van der Waals surface area contributed by atoms with Crippen LogP contribution in [-0.4, -0.2) is 28.5 Å².